The second kappa shape index (κ2) is 7.52. The first-order chi connectivity index (χ1) is 10.1. The smallest absolute Gasteiger partial charge is 0.339 e. The third-order valence-electron chi connectivity index (χ3n) is 3.53. The van der Waals surface area contributed by atoms with Crippen LogP contribution in [0.4, 0.5) is 0 Å². The van der Waals surface area contributed by atoms with Crippen LogP contribution in [-0.4, -0.2) is 49.3 Å². The van der Waals surface area contributed by atoms with E-state index in [1.165, 1.54) is 26.0 Å². The molecule has 0 bridgehead atoms. The van der Waals surface area contributed by atoms with Crippen molar-refractivity contribution in [3.05, 3.63) is 22.7 Å². The number of hydrogen-bond donors (Lipinski definition) is 1. The highest BCUT2D eigenvalue weighted by molar-refractivity contribution is 6.31. The van der Waals surface area contributed by atoms with E-state index >= 15 is 0 Å². The number of aromatic carboxylic acids is 1. The molecule has 1 aliphatic rings. The van der Waals surface area contributed by atoms with Crippen molar-refractivity contribution in [2.45, 2.75) is 19.3 Å². The van der Waals surface area contributed by atoms with Crippen molar-refractivity contribution in [2.24, 2.45) is 0 Å². The minimum Gasteiger partial charge on any atom is -0.493 e. The van der Waals surface area contributed by atoms with Gasteiger partial charge < -0.3 is 19.5 Å². The minimum atomic E-state index is -1.08. The lowest BCUT2D eigenvalue weighted by Crippen LogP contribution is -2.22. The molecule has 0 aliphatic carbocycles. The minimum absolute atomic E-state index is 0.0283. The van der Waals surface area contributed by atoms with Crippen LogP contribution < -0.4 is 9.47 Å². The van der Waals surface area contributed by atoms with E-state index in [0.29, 0.717) is 17.4 Å². The number of nitrogens with zero attached hydrogens (tertiary/aromatic N) is 1. The molecular weight excluding hydrogens is 294 g/mol. The zero-order valence-electron chi connectivity index (χ0n) is 12.1. The largest absolute Gasteiger partial charge is 0.493 e. The fourth-order valence-electron chi connectivity index (χ4n) is 2.50. The summed E-state index contributed by atoms with van der Waals surface area (Å²) in [6.07, 6.45) is 3.37. The van der Waals surface area contributed by atoms with Gasteiger partial charge in [0.1, 0.15) is 5.56 Å². The van der Waals surface area contributed by atoms with Crippen LogP contribution >= 0.6 is 11.6 Å². The number of hydrogen-bond acceptors (Lipinski definition) is 4. The Balaban J connectivity index is 1.98. The van der Waals surface area contributed by atoms with Crippen molar-refractivity contribution in [2.75, 3.05) is 33.4 Å². The van der Waals surface area contributed by atoms with E-state index in [-0.39, 0.29) is 11.3 Å². The molecule has 0 radical (unpaired) electrons. The number of likely N-dealkylation sites (tertiary alicyclic amines) is 1. The summed E-state index contributed by atoms with van der Waals surface area (Å²) >= 11 is 5.89. The van der Waals surface area contributed by atoms with Gasteiger partial charge in [-0.2, -0.15) is 0 Å². The first-order valence-corrected chi connectivity index (χ1v) is 7.45. The molecule has 1 fully saturated rings. The highest BCUT2D eigenvalue weighted by atomic mass is 35.5. The summed E-state index contributed by atoms with van der Waals surface area (Å²) in [5, 5.41) is 9.55. The van der Waals surface area contributed by atoms with Gasteiger partial charge in [0.05, 0.1) is 13.7 Å². The molecular formula is C15H20ClNO4. The van der Waals surface area contributed by atoms with E-state index < -0.39 is 5.97 Å². The molecule has 116 valence electrons. The highest BCUT2D eigenvalue weighted by Gasteiger charge is 2.18. The van der Waals surface area contributed by atoms with Crippen LogP contribution in [0.2, 0.25) is 5.02 Å². The maximum Gasteiger partial charge on any atom is 0.339 e. The highest BCUT2D eigenvalue weighted by Crippen LogP contribution is 2.34. The summed E-state index contributed by atoms with van der Waals surface area (Å²) in [7, 11) is 1.47. The third kappa shape index (κ3) is 4.25. The van der Waals surface area contributed by atoms with Gasteiger partial charge in [0.2, 0.25) is 0 Å². The van der Waals surface area contributed by atoms with E-state index in [9.17, 15) is 9.90 Å². The van der Waals surface area contributed by atoms with Crippen molar-refractivity contribution >= 4 is 17.6 Å². The molecule has 6 heteroatoms. The predicted octanol–water partition coefficient (Wildman–Crippen LogP) is 2.91. The Morgan fingerprint density at radius 1 is 1.38 bits per heavy atom. The van der Waals surface area contributed by atoms with Gasteiger partial charge in [-0.05, 0) is 38.4 Å². The van der Waals surface area contributed by atoms with Crippen LogP contribution in [0.25, 0.3) is 0 Å². The Morgan fingerprint density at radius 3 is 2.71 bits per heavy atom. The van der Waals surface area contributed by atoms with Crippen molar-refractivity contribution in [1.29, 1.82) is 0 Å². The number of carboxylic acids is 1. The molecule has 2 rings (SSSR count). The van der Waals surface area contributed by atoms with Gasteiger partial charge in [-0.3, -0.25) is 0 Å². The molecule has 0 amide bonds. The quantitative estimate of drug-likeness (QED) is 0.784. The van der Waals surface area contributed by atoms with Crippen LogP contribution in [0, 0.1) is 0 Å². The molecule has 21 heavy (non-hydrogen) atoms. The Bertz CT molecular complexity index is 501. The Hall–Kier alpha value is -1.46. The van der Waals surface area contributed by atoms with Crippen LogP contribution in [-0.2, 0) is 0 Å². The number of carboxylic acid groups (broad SMARTS) is 1. The molecule has 0 atom stereocenters. The first-order valence-electron chi connectivity index (χ1n) is 7.08. The Kier molecular flexibility index (Phi) is 5.70. The fourth-order valence-corrected chi connectivity index (χ4v) is 2.70. The second-order valence-corrected chi connectivity index (χ2v) is 5.48. The molecule has 0 spiro atoms. The lowest BCUT2D eigenvalue weighted by molar-refractivity contribution is 0.0691. The molecule has 1 aromatic rings. The van der Waals surface area contributed by atoms with E-state index in [4.69, 9.17) is 21.1 Å². The summed E-state index contributed by atoms with van der Waals surface area (Å²) in [4.78, 5) is 13.7. The Labute approximate surface area is 129 Å². The van der Waals surface area contributed by atoms with Crippen molar-refractivity contribution in [3.63, 3.8) is 0 Å². The molecule has 5 nitrogen and oxygen atoms in total. The monoisotopic (exact) mass is 313 g/mol. The zero-order valence-corrected chi connectivity index (χ0v) is 12.9. The van der Waals surface area contributed by atoms with Gasteiger partial charge in [0.15, 0.2) is 11.5 Å². The molecule has 1 heterocycles. The first kappa shape index (κ1) is 15.9. The molecule has 1 N–H and O–H groups in total. The normalized spacial score (nSPS) is 15.1. The van der Waals surface area contributed by atoms with Crippen molar-refractivity contribution in [3.8, 4) is 11.5 Å². The molecule has 1 saturated heterocycles. The number of carbonyl (C=O) groups is 1. The maximum atomic E-state index is 11.3. The summed E-state index contributed by atoms with van der Waals surface area (Å²) < 4.78 is 10.8. The van der Waals surface area contributed by atoms with Gasteiger partial charge in [-0.1, -0.05) is 11.6 Å². The summed E-state index contributed by atoms with van der Waals surface area (Å²) in [6.45, 7) is 3.71. The Morgan fingerprint density at radius 2 is 2.10 bits per heavy atom. The number of halogens is 1. The molecule has 0 saturated carbocycles. The van der Waals surface area contributed by atoms with Crippen LogP contribution in [0.15, 0.2) is 12.1 Å². The predicted molar refractivity (Wildman–Crippen MR) is 80.7 cm³/mol. The average Bonchev–Trinajstić information content (AvgIpc) is 2.97. The summed E-state index contributed by atoms with van der Waals surface area (Å²) in [5.74, 6) is -0.484. The van der Waals surface area contributed by atoms with Crippen LogP contribution in [0.1, 0.15) is 29.6 Å². The van der Waals surface area contributed by atoms with Gasteiger partial charge >= 0.3 is 5.97 Å². The van der Waals surface area contributed by atoms with E-state index in [0.717, 1.165) is 26.1 Å². The standard InChI is InChI=1S/C15H20ClNO4/c1-20-13-10-11(16)9-12(15(18)19)14(13)21-8-4-7-17-5-2-3-6-17/h9-10H,2-8H2,1H3,(H,18,19). The van der Waals surface area contributed by atoms with Gasteiger partial charge in [0, 0.05) is 17.6 Å². The average molecular weight is 314 g/mol. The number of benzene rings is 1. The lowest BCUT2D eigenvalue weighted by Gasteiger charge is -2.16. The maximum absolute atomic E-state index is 11.3. The van der Waals surface area contributed by atoms with Gasteiger partial charge in [-0.25, -0.2) is 4.79 Å². The van der Waals surface area contributed by atoms with Crippen molar-refractivity contribution in [1.82, 2.24) is 4.90 Å². The zero-order chi connectivity index (χ0) is 15.2. The van der Waals surface area contributed by atoms with Crippen LogP contribution in [0.5, 0.6) is 11.5 Å². The van der Waals surface area contributed by atoms with E-state index in [1.54, 1.807) is 6.07 Å². The SMILES string of the molecule is COc1cc(Cl)cc(C(=O)O)c1OCCCN1CCCC1. The number of methoxy groups -OCH3 is 1. The lowest BCUT2D eigenvalue weighted by atomic mass is 10.2. The topological polar surface area (TPSA) is 59.0 Å². The number of ether oxygens (including phenoxy) is 2. The summed E-state index contributed by atoms with van der Waals surface area (Å²) in [5.41, 5.74) is 0.0283. The summed E-state index contributed by atoms with van der Waals surface area (Å²) in [6, 6.07) is 2.94. The molecule has 0 unspecified atom stereocenters. The fraction of sp³-hybridized carbons (Fsp3) is 0.533. The number of rotatable bonds is 7. The molecule has 0 aromatic heterocycles. The van der Waals surface area contributed by atoms with Crippen molar-refractivity contribution < 1.29 is 19.4 Å². The van der Waals surface area contributed by atoms with Gasteiger partial charge in [0.25, 0.3) is 0 Å². The second-order valence-electron chi connectivity index (χ2n) is 5.04. The van der Waals surface area contributed by atoms with E-state index in [2.05, 4.69) is 4.90 Å². The van der Waals surface area contributed by atoms with E-state index in [1.807, 2.05) is 0 Å². The molecule has 1 aliphatic heterocycles. The molecule has 1 aromatic carbocycles. The third-order valence-corrected chi connectivity index (χ3v) is 3.75. The van der Waals surface area contributed by atoms with Crippen LogP contribution in [0.3, 0.4) is 0 Å². The van der Waals surface area contributed by atoms with Gasteiger partial charge in [-0.15, -0.1) is 0 Å².